The van der Waals surface area contributed by atoms with E-state index >= 15 is 0 Å². The van der Waals surface area contributed by atoms with Crippen LogP contribution in [0.1, 0.15) is 46.8 Å². The first-order valence-electron chi connectivity index (χ1n) is 8.42. The SMILES string of the molecule is O=C(Cl)c1ccc(C2CCCCN2C(=O)OCc2ccccc2)cc1. The van der Waals surface area contributed by atoms with E-state index in [9.17, 15) is 9.59 Å². The number of piperidine rings is 1. The number of carbonyl (C=O) groups excluding carboxylic acids is 2. The standard InChI is InChI=1S/C20H20ClNO3/c21-19(23)17-11-9-16(10-12-17)18-8-4-5-13-22(18)20(24)25-14-15-6-2-1-3-7-15/h1-3,6-7,9-12,18H,4-5,8,13-14H2. The maximum atomic E-state index is 12.6. The van der Waals surface area contributed by atoms with Crippen molar-refractivity contribution in [1.82, 2.24) is 4.90 Å². The normalized spacial score (nSPS) is 17.2. The number of ether oxygens (including phenoxy) is 1. The Morgan fingerprint density at radius 3 is 2.44 bits per heavy atom. The van der Waals surface area contributed by atoms with E-state index in [0.717, 1.165) is 30.4 Å². The van der Waals surface area contributed by atoms with Crippen LogP contribution in [0.5, 0.6) is 0 Å². The molecule has 1 heterocycles. The first-order valence-corrected chi connectivity index (χ1v) is 8.80. The highest BCUT2D eigenvalue weighted by Crippen LogP contribution is 2.31. The summed E-state index contributed by atoms with van der Waals surface area (Å²) >= 11 is 5.50. The Kier molecular flexibility index (Phi) is 5.71. The maximum Gasteiger partial charge on any atom is 0.410 e. The lowest BCUT2D eigenvalue weighted by atomic mass is 9.95. The molecule has 25 heavy (non-hydrogen) atoms. The third-order valence-electron chi connectivity index (χ3n) is 4.46. The van der Waals surface area contributed by atoms with Crippen molar-refractivity contribution in [2.75, 3.05) is 6.54 Å². The molecule has 0 aliphatic carbocycles. The fourth-order valence-electron chi connectivity index (χ4n) is 3.14. The van der Waals surface area contributed by atoms with Crippen LogP contribution in [0.4, 0.5) is 4.79 Å². The molecule has 5 heteroatoms. The van der Waals surface area contributed by atoms with Gasteiger partial charge in [0.2, 0.25) is 0 Å². The van der Waals surface area contributed by atoms with Crippen molar-refractivity contribution >= 4 is 22.9 Å². The first-order chi connectivity index (χ1) is 12.1. The number of amides is 1. The monoisotopic (exact) mass is 357 g/mol. The predicted molar refractivity (Wildman–Crippen MR) is 96.6 cm³/mol. The minimum Gasteiger partial charge on any atom is -0.445 e. The van der Waals surface area contributed by atoms with E-state index < -0.39 is 5.24 Å². The van der Waals surface area contributed by atoms with Crippen LogP contribution in [0.3, 0.4) is 0 Å². The molecule has 1 atom stereocenters. The van der Waals surface area contributed by atoms with E-state index in [-0.39, 0.29) is 18.7 Å². The summed E-state index contributed by atoms with van der Waals surface area (Å²) in [4.78, 5) is 25.5. The summed E-state index contributed by atoms with van der Waals surface area (Å²) in [6.07, 6.45) is 2.61. The van der Waals surface area contributed by atoms with Gasteiger partial charge in [0, 0.05) is 12.1 Å². The van der Waals surface area contributed by atoms with Gasteiger partial charge in [-0.1, -0.05) is 42.5 Å². The molecule has 2 aromatic rings. The Morgan fingerprint density at radius 1 is 1.04 bits per heavy atom. The molecular formula is C20H20ClNO3. The van der Waals surface area contributed by atoms with Crippen LogP contribution in [0, 0.1) is 0 Å². The van der Waals surface area contributed by atoms with Crippen LogP contribution in [-0.2, 0) is 11.3 Å². The van der Waals surface area contributed by atoms with Crippen LogP contribution in [0.2, 0.25) is 0 Å². The molecule has 4 nitrogen and oxygen atoms in total. The van der Waals surface area contributed by atoms with Gasteiger partial charge >= 0.3 is 6.09 Å². The molecule has 1 unspecified atom stereocenters. The minimum atomic E-state index is -0.477. The third kappa shape index (κ3) is 4.40. The summed E-state index contributed by atoms with van der Waals surface area (Å²) in [6.45, 7) is 0.942. The second kappa shape index (κ2) is 8.17. The second-order valence-corrected chi connectivity index (χ2v) is 6.48. The lowest BCUT2D eigenvalue weighted by Gasteiger charge is -2.35. The van der Waals surface area contributed by atoms with Gasteiger partial charge in [0.25, 0.3) is 5.24 Å². The van der Waals surface area contributed by atoms with Gasteiger partial charge in [-0.3, -0.25) is 4.79 Å². The molecule has 1 aliphatic heterocycles. The Balaban J connectivity index is 1.69. The molecule has 1 saturated heterocycles. The zero-order chi connectivity index (χ0) is 17.6. The van der Waals surface area contributed by atoms with E-state index in [1.807, 2.05) is 42.5 Å². The highest BCUT2D eigenvalue weighted by atomic mass is 35.5. The number of carbonyl (C=O) groups is 2. The van der Waals surface area contributed by atoms with Crippen molar-refractivity contribution in [2.45, 2.75) is 31.9 Å². The molecule has 0 N–H and O–H groups in total. The molecule has 0 aromatic heterocycles. The van der Waals surface area contributed by atoms with Gasteiger partial charge < -0.3 is 9.64 Å². The number of hydrogen-bond donors (Lipinski definition) is 0. The van der Waals surface area contributed by atoms with Crippen molar-refractivity contribution in [2.24, 2.45) is 0 Å². The van der Waals surface area contributed by atoms with Crippen molar-refractivity contribution in [3.05, 3.63) is 71.3 Å². The molecule has 2 aromatic carbocycles. The minimum absolute atomic E-state index is 0.0310. The van der Waals surface area contributed by atoms with E-state index in [0.29, 0.717) is 12.1 Å². The van der Waals surface area contributed by atoms with Crippen molar-refractivity contribution < 1.29 is 14.3 Å². The number of rotatable bonds is 4. The summed E-state index contributed by atoms with van der Waals surface area (Å²) in [5.74, 6) is 0. The lowest BCUT2D eigenvalue weighted by molar-refractivity contribution is 0.0679. The zero-order valence-corrected chi connectivity index (χ0v) is 14.6. The van der Waals surface area contributed by atoms with Gasteiger partial charge in [0.15, 0.2) is 0 Å². The Morgan fingerprint density at radius 2 is 1.76 bits per heavy atom. The highest BCUT2D eigenvalue weighted by molar-refractivity contribution is 6.67. The molecule has 0 radical (unpaired) electrons. The largest absolute Gasteiger partial charge is 0.445 e. The molecule has 130 valence electrons. The number of benzene rings is 2. The molecular weight excluding hydrogens is 338 g/mol. The van der Waals surface area contributed by atoms with Crippen LogP contribution >= 0.6 is 11.6 Å². The van der Waals surface area contributed by atoms with E-state index in [4.69, 9.17) is 16.3 Å². The first kappa shape index (κ1) is 17.5. The van der Waals surface area contributed by atoms with Gasteiger partial charge in [0.05, 0.1) is 6.04 Å². The van der Waals surface area contributed by atoms with Gasteiger partial charge in [-0.05, 0) is 54.1 Å². The van der Waals surface area contributed by atoms with Crippen LogP contribution in [0.25, 0.3) is 0 Å². The van der Waals surface area contributed by atoms with Gasteiger partial charge in [0.1, 0.15) is 6.61 Å². The number of hydrogen-bond acceptors (Lipinski definition) is 3. The van der Waals surface area contributed by atoms with Crippen LogP contribution in [0.15, 0.2) is 54.6 Å². The molecule has 3 rings (SSSR count). The number of likely N-dealkylation sites (tertiary alicyclic amines) is 1. The van der Waals surface area contributed by atoms with Crippen molar-refractivity contribution in [3.8, 4) is 0 Å². The second-order valence-electron chi connectivity index (χ2n) is 6.14. The number of halogens is 1. The summed E-state index contributed by atoms with van der Waals surface area (Å²) in [5.41, 5.74) is 2.42. The summed E-state index contributed by atoms with van der Waals surface area (Å²) in [7, 11) is 0. The maximum absolute atomic E-state index is 12.6. The van der Waals surface area contributed by atoms with Crippen LogP contribution < -0.4 is 0 Å². The molecule has 0 saturated carbocycles. The van der Waals surface area contributed by atoms with E-state index in [1.54, 1.807) is 17.0 Å². The fraction of sp³-hybridized carbons (Fsp3) is 0.300. The summed E-state index contributed by atoms with van der Waals surface area (Å²) in [5, 5.41) is -0.477. The van der Waals surface area contributed by atoms with Crippen molar-refractivity contribution in [3.63, 3.8) is 0 Å². The zero-order valence-electron chi connectivity index (χ0n) is 13.9. The summed E-state index contributed by atoms with van der Waals surface area (Å²) < 4.78 is 5.49. The predicted octanol–water partition coefficient (Wildman–Crippen LogP) is 4.93. The smallest absolute Gasteiger partial charge is 0.410 e. The van der Waals surface area contributed by atoms with Gasteiger partial charge in [-0.2, -0.15) is 0 Å². The topological polar surface area (TPSA) is 46.6 Å². The highest BCUT2D eigenvalue weighted by Gasteiger charge is 2.29. The Bertz CT molecular complexity index is 730. The molecule has 1 amide bonds. The molecule has 1 fully saturated rings. The van der Waals surface area contributed by atoms with Gasteiger partial charge in [-0.15, -0.1) is 0 Å². The molecule has 0 bridgehead atoms. The Hall–Kier alpha value is -2.33. The molecule has 1 aliphatic rings. The number of nitrogens with zero attached hydrogens (tertiary/aromatic N) is 1. The lowest BCUT2D eigenvalue weighted by Crippen LogP contribution is -2.38. The third-order valence-corrected chi connectivity index (χ3v) is 4.68. The average molecular weight is 358 g/mol. The quantitative estimate of drug-likeness (QED) is 0.729. The van der Waals surface area contributed by atoms with E-state index in [1.165, 1.54) is 0 Å². The van der Waals surface area contributed by atoms with Gasteiger partial charge in [-0.25, -0.2) is 4.79 Å². The van der Waals surface area contributed by atoms with Crippen LogP contribution in [-0.4, -0.2) is 22.8 Å². The van der Waals surface area contributed by atoms with Crippen molar-refractivity contribution in [1.29, 1.82) is 0 Å². The Labute approximate surface area is 152 Å². The fourth-order valence-corrected chi connectivity index (χ4v) is 3.26. The summed E-state index contributed by atoms with van der Waals surface area (Å²) in [6, 6.07) is 16.7. The van der Waals surface area contributed by atoms with E-state index in [2.05, 4.69) is 0 Å². The molecule has 0 spiro atoms. The average Bonchev–Trinajstić information content (AvgIpc) is 2.67.